The van der Waals surface area contributed by atoms with E-state index >= 15 is 0 Å². The van der Waals surface area contributed by atoms with E-state index in [4.69, 9.17) is 21.1 Å². The summed E-state index contributed by atoms with van der Waals surface area (Å²) in [7, 11) is 1.53. The van der Waals surface area contributed by atoms with Gasteiger partial charge in [0.15, 0.2) is 0 Å². The highest BCUT2D eigenvalue weighted by molar-refractivity contribution is 6.28. The van der Waals surface area contributed by atoms with E-state index < -0.39 is 0 Å². The zero-order chi connectivity index (χ0) is 13.2. The first kappa shape index (κ1) is 12.9. The Bertz CT molecular complexity index is 457. The number of hydrogen-bond acceptors (Lipinski definition) is 6. The highest BCUT2D eigenvalue weighted by Crippen LogP contribution is 2.31. The molecule has 0 aromatic carbocycles. The maximum Gasteiger partial charge on any atom is 0.322 e. The van der Waals surface area contributed by atoms with Crippen LogP contribution in [0.1, 0.15) is 25.7 Å². The fourth-order valence-electron chi connectivity index (χ4n) is 2.89. The molecule has 0 spiro atoms. The number of nitrogens with zero attached hydrogens (tertiary/aromatic N) is 4. The number of fused-ring (bicyclic) bond motifs is 1. The van der Waals surface area contributed by atoms with Crippen LogP contribution in [-0.2, 0) is 4.74 Å². The first-order valence-corrected chi connectivity index (χ1v) is 6.99. The molecule has 2 aliphatic rings. The van der Waals surface area contributed by atoms with Crippen molar-refractivity contribution in [3.63, 3.8) is 0 Å². The molecule has 104 valence electrons. The van der Waals surface area contributed by atoms with E-state index in [1.54, 1.807) is 0 Å². The summed E-state index contributed by atoms with van der Waals surface area (Å²) in [5.41, 5.74) is 0. The Morgan fingerprint density at radius 2 is 2.11 bits per heavy atom. The second kappa shape index (κ2) is 5.46. The molecule has 19 heavy (non-hydrogen) atoms. The van der Waals surface area contributed by atoms with Gasteiger partial charge in [0.05, 0.1) is 25.9 Å². The lowest BCUT2D eigenvalue weighted by Gasteiger charge is -2.43. The van der Waals surface area contributed by atoms with E-state index in [2.05, 4.69) is 19.9 Å². The molecule has 2 fully saturated rings. The van der Waals surface area contributed by atoms with Crippen molar-refractivity contribution in [2.75, 3.05) is 25.2 Å². The van der Waals surface area contributed by atoms with E-state index in [1.807, 2.05) is 0 Å². The molecule has 1 aromatic heterocycles. The zero-order valence-corrected chi connectivity index (χ0v) is 11.6. The predicted molar refractivity (Wildman–Crippen MR) is 70.7 cm³/mol. The highest BCUT2D eigenvalue weighted by atomic mass is 35.5. The normalized spacial score (nSPS) is 26.9. The van der Waals surface area contributed by atoms with Crippen LogP contribution >= 0.6 is 11.6 Å². The van der Waals surface area contributed by atoms with Gasteiger partial charge in [0, 0.05) is 6.54 Å². The Morgan fingerprint density at radius 3 is 2.95 bits per heavy atom. The fourth-order valence-corrected chi connectivity index (χ4v) is 3.03. The van der Waals surface area contributed by atoms with Crippen molar-refractivity contribution < 1.29 is 9.47 Å². The summed E-state index contributed by atoms with van der Waals surface area (Å²) < 4.78 is 10.9. The molecule has 1 aromatic rings. The van der Waals surface area contributed by atoms with Crippen molar-refractivity contribution in [3.8, 4) is 6.01 Å². The van der Waals surface area contributed by atoms with Crippen LogP contribution in [0.5, 0.6) is 6.01 Å². The standard InChI is InChI=1S/C12H17ClN4O2/c1-18-12-15-10(13)14-11(16-12)17-6-7-19-9-5-3-2-4-8(9)17/h8-9H,2-7H2,1H3. The topological polar surface area (TPSA) is 60.4 Å². The van der Waals surface area contributed by atoms with Crippen molar-refractivity contribution >= 4 is 17.5 Å². The van der Waals surface area contributed by atoms with Crippen LogP contribution in [-0.4, -0.2) is 47.4 Å². The predicted octanol–water partition coefficient (Wildman–Crippen LogP) is 1.68. The van der Waals surface area contributed by atoms with Gasteiger partial charge in [0.2, 0.25) is 11.2 Å². The van der Waals surface area contributed by atoms with E-state index in [-0.39, 0.29) is 17.4 Å². The zero-order valence-electron chi connectivity index (χ0n) is 10.9. The van der Waals surface area contributed by atoms with Crippen LogP contribution in [0.3, 0.4) is 0 Å². The minimum atomic E-state index is 0.167. The molecule has 6 nitrogen and oxygen atoms in total. The quantitative estimate of drug-likeness (QED) is 0.823. The second-order valence-corrected chi connectivity index (χ2v) is 5.18. The van der Waals surface area contributed by atoms with Crippen LogP contribution in [0, 0.1) is 0 Å². The molecule has 1 saturated heterocycles. The van der Waals surface area contributed by atoms with Crippen molar-refractivity contribution in [1.29, 1.82) is 0 Å². The summed E-state index contributed by atoms with van der Waals surface area (Å²) in [6.07, 6.45) is 4.95. The molecule has 1 aliphatic heterocycles. The van der Waals surface area contributed by atoms with E-state index in [0.29, 0.717) is 18.6 Å². The fraction of sp³-hybridized carbons (Fsp3) is 0.750. The van der Waals surface area contributed by atoms with Crippen LogP contribution < -0.4 is 9.64 Å². The number of halogens is 1. The summed E-state index contributed by atoms with van der Waals surface area (Å²) in [5, 5.41) is 0.167. The SMILES string of the molecule is COc1nc(Cl)nc(N2CCOC3CCCCC32)n1. The third kappa shape index (κ3) is 2.60. The van der Waals surface area contributed by atoms with E-state index in [1.165, 1.54) is 20.0 Å². The van der Waals surface area contributed by atoms with Gasteiger partial charge in [-0.1, -0.05) is 12.8 Å². The average molecular weight is 285 g/mol. The smallest absolute Gasteiger partial charge is 0.322 e. The molecule has 2 heterocycles. The Kier molecular flexibility index (Phi) is 3.70. The van der Waals surface area contributed by atoms with Crippen LogP contribution in [0.4, 0.5) is 5.95 Å². The van der Waals surface area contributed by atoms with Gasteiger partial charge in [-0.3, -0.25) is 0 Å². The number of hydrogen-bond donors (Lipinski definition) is 0. The lowest BCUT2D eigenvalue weighted by Crippen LogP contribution is -2.53. The molecule has 3 rings (SSSR count). The number of rotatable bonds is 2. The molecule has 1 aliphatic carbocycles. The minimum Gasteiger partial charge on any atom is -0.467 e. The Labute approximate surface area is 117 Å². The van der Waals surface area contributed by atoms with Gasteiger partial charge in [-0.15, -0.1) is 0 Å². The molecule has 2 atom stereocenters. The molecule has 0 radical (unpaired) electrons. The third-order valence-corrected chi connectivity index (χ3v) is 3.92. The summed E-state index contributed by atoms with van der Waals surface area (Å²) >= 11 is 5.92. The van der Waals surface area contributed by atoms with E-state index in [0.717, 1.165) is 19.4 Å². The summed E-state index contributed by atoms with van der Waals surface area (Å²) in [6, 6.07) is 0.597. The van der Waals surface area contributed by atoms with Gasteiger partial charge in [0.25, 0.3) is 0 Å². The number of aromatic nitrogens is 3. The summed E-state index contributed by atoms with van der Waals surface area (Å²) in [4.78, 5) is 14.6. The van der Waals surface area contributed by atoms with Gasteiger partial charge in [-0.2, -0.15) is 15.0 Å². The summed E-state index contributed by atoms with van der Waals surface area (Å²) in [6.45, 7) is 1.48. The first-order chi connectivity index (χ1) is 9.28. The molecule has 2 unspecified atom stereocenters. The molecule has 0 amide bonds. The third-order valence-electron chi connectivity index (χ3n) is 3.75. The molecular weight excluding hydrogens is 268 g/mol. The maximum absolute atomic E-state index is 5.92. The van der Waals surface area contributed by atoms with Crippen molar-refractivity contribution in [3.05, 3.63) is 5.28 Å². The largest absolute Gasteiger partial charge is 0.467 e. The van der Waals surface area contributed by atoms with Gasteiger partial charge < -0.3 is 14.4 Å². The van der Waals surface area contributed by atoms with Crippen molar-refractivity contribution in [2.24, 2.45) is 0 Å². The lowest BCUT2D eigenvalue weighted by atomic mass is 9.90. The second-order valence-electron chi connectivity index (χ2n) is 4.85. The van der Waals surface area contributed by atoms with Gasteiger partial charge in [0.1, 0.15) is 0 Å². The highest BCUT2D eigenvalue weighted by Gasteiger charge is 2.35. The molecule has 0 N–H and O–H groups in total. The first-order valence-electron chi connectivity index (χ1n) is 6.62. The Balaban J connectivity index is 1.89. The van der Waals surface area contributed by atoms with E-state index in [9.17, 15) is 0 Å². The van der Waals surface area contributed by atoms with Gasteiger partial charge in [-0.05, 0) is 24.4 Å². The van der Waals surface area contributed by atoms with Crippen LogP contribution in [0.15, 0.2) is 0 Å². The van der Waals surface area contributed by atoms with Gasteiger partial charge >= 0.3 is 6.01 Å². The lowest BCUT2D eigenvalue weighted by molar-refractivity contribution is -0.00938. The van der Waals surface area contributed by atoms with Crippen LogP contribution in [0.2, 0.25) is 5.28 Å². The molecule has 7 heteroatoms. The minimum absolute atomic E-state index is 0.167. The number of methoxy groups -OCH3 is 1. The monoisotopic (exact) mass is 284 g/mol. The van der Waals surface area contributed by atoms with Crippen molar-refractivity contribution in [2.45, 2.75) is 37.8 Å². The average Bonchev–Trinajstić information content (AvgIpc) is 2.46. The van der Waals surface area contributed by atoms with Gasteiger partial charge in [-0.25, -0.2) is 0 Å². The Hall–Kier alpha value is -1.14. The number of ether oxygens (including phenoxy) is 2. The number of anilines is 1. The Morgan fingerprint density at radius 1 is 1.26 bits per heavy atom. The maximum atomic E-state index is 5.92. The van der Waals surface area contributed by atoms with Crippen LogP contribution in [0.25, 0.3) is 0 Å². The molecular formula is C12H17ClN4O2. The molecule has 1 saturated carbocycles. The van der Waals surface area contributed by atoms with Crippen molar-refractivity contribution in [1.82, 2.24) is 15.0 Å². The molecule has 0 bridgehead atoms. The summed E-state index contributed by atoms with van der Waals surface area (Å²) in [5.74, 6) is 0.594. The number of morpholine rings is 1.